The molecule has 1 saturated heterocycles. The fraction of sp³-hybridized carbons (Fsp3) is 0.852. The molecular weight excluding hydrogens is 388 g/mol. The van der Waals surface area contributed by atoms with Crippen LogP contribution < -0.4 is 0 Å². The lowest BCUT2D eigenvalue weighted by atomic mass is 9.55. The lowest BCUT2D eigenvalue weighted by Gasteiger charge is -2.46. The van der Waals surface area contributed by atoms with E-state index < -0.39 is 11.0 Å². The summed E-state index contributed by atoms with van der Waals surface area (Å²) in [5.41, 5.74) is -0.267. The lowest BCUT2D eigenvalue weighted by Crippen LogP contribution is -2.53. The van der Waals surface area contributed by atoms with Crippen molar-refractivity contribution in [1.82, 2.24) is 0 Å². The van der Waals surface area contributed by atoms with Gasteiger partial charge >= 0.3 is 0 Å². The van der Waals surface area contributed by atoms with Gasteiger partial charge in [-0.25, -0.2) is 0 Å². The Morgan fingerprint density at radius 2 is 1.94 bits per heavy atom. The number of epoxide rings is 1. The number of hydrogen-bond donors (Lipinski definition) is 1. The first-order valence-corrected chi connectivity index (χ1v) is 12.6. The number of carbonyl (C=O) groups excluding carboxylic acids is 2. The van der Waals surface area contributed by atoms with Crippen LogP contribution in [0.25, 0.3) is 0 Å². The first-order valence-electron chi connectivity index (χ1n) is 12.6. The molecule has 3 aliphatic carbocycles. The molecule has 4 aliphatic rings. The molecule has 2 saturated carbocycles. The Kier molecular flexibility index (Phi) is 6.05. The van der Waals surface area contributed by atoms with Crippen molar-refractivity contribution in [1.29, 1.82) is 0 Å². The summed E-state index contributed by atoms with van der Waals surface area (Å²) < 4.78 is 6.15. The second kappa shape index (κ2) is 8.09. The van der Waals surface area contributed by atoms with Gasteiger partial charge in [-0.15, -0.1) is 0 Å². The third-order valence-electron chi connectivity index (χ3n) is 9.72. The van der Waals surface area contributed by atoms with Gasteiger partial charge in [0.1, 0.15) is 18.0 Å². The van der Waals surface area contributed by atoms with Crippen molar-refractivity contribution >= 4 is 12.1 Å². The largest absolute Gasteiger partial charge is 0.393 e. The summed E-state index contributed by atoms with van der Waals surface area (Å²) in [5, 5.41) is 10.2. The Morgan fingerprint density at radius 1 is 1.19 bits per heavy atom. The number of aliphatic hydroxyl groups is 1. The molecule has 8 atom stereocenters. The highest BCUT2D eigenvalue weighted by molar-refractivity contribution is 6.03. The summed E-state index contributed by atoms with van der Waals surface area (Å²) in [6, 6.07) is 0. The summed E-state index contributed by atoms with van der Waals surface area (Å²) in [7, 11) is 0. The third-order valence-corrected chi connectivity index (χ3v) is 9.72. The van der Waals surface area contributed by atoms with E-state index in [9.17, 15) is 14.7 Å². The molecule has 0 amide bonds. The quantitative estimate of drug-likeness (QED) is 0.421. The van der Waals surface area contributed by atoms with Crippen LogP contribution in [0.4, 0.5) is 0 Å². The fourth-order valence-electron chi connectivity index (χ4n) is 7.68. The molecule has 0 bridgehead atoms. The molecule has 1 spiro atoms. The fourth-order valence-corrected chi connectivity index (χ4v) is 7.68. The Morgan fingerprint density at radius 3 is 2.61 bits per heavy atom. The molecule has 1 N–H and O–H groups in total. The SMILES string of the molecule is CC(C)CCC[C@@H](C)[C@H]1CC[C@@H](C2=C[C@@H]3O[C@@]34C[C@@H](O)CC[C@]4(C)C2=O)[C@]1(C)CC=O. The van der Waals surface area contributed by atoms with Crippen LogP contribution >= 0.6 is 0 Å². The normalized spacial score (nSPS) is 45.1. The summed E-state index contributed by atoms with van der Waals surface area (Å²) in [5.74, 6) is 2.11. The van der Waals surface area contributed by atoms with Crippen LogP contribution in [0, 0.1) is 34.5 Å². The molecule has 0 unspecified atom stereocenters. The van der Waals surface area contributed by atoms with E-state index in [0.29, 0.717) is 37.5 Å². The molecule has 31 heavy (non-hydrogen) atoms. The standard InChI is InChI=1S/C27H42O4/c1-17(2)7-6-8-18(3)21-9-10-22(25(21,4)13-14-28)20-15-23-27(31-23)16-19(29)11-12-26(27,5)24(20)30/h14-15,17-19,21-23,29H,6-13,16H2,1-5H3/t18-,19+,21-,22+,23+,25-,26-,27+/m1/s1. The summed E-state index contributed by atoms with van der Waals surface area (Å²) in [4.78, 5) is 25.7. The van der Waals surface area contributed by atoms with E-state index in [0.717, 1.165) is 30.6 Å². The number of hydrogen-bond acceptors (Lipinski definition) is 4. The zero-order valence-corrected chi connectivity index (χ0v) is 20.2. The molecule has 1 aliphatic heterocycles. The Balaban J connectivity index is 1.58. The molecule has 3 fully saturated rings. The van der Waals surface area contributed by atoms with Crippen LogP contribution in [0.3, 0.4) is 0 Å². The molecular formula is C27H42O4. The third kappa shape index (κ3) is 3.57. The van der Waals surface area contributed by atoms with Gasteiger partial charge in [0.25, 0.3) is 0 Å². The summed E-state index contributed by atoms with van der Waals surface area (Å²) in [6.45, 7) is 11.2. The molecule has 0 aromatic heterocycles. The maximum atomic E-state index is 13.9. The maximum absolute atomic E-state index is 13.9. The molecule has 4 nitrogen and oxygen atoms in total. The van der Waals surface area contributed by atoms with Crippen molar-refractivity contribution in [2.45, 2.75) is 110 Å². The first kappa shape index (κ1) is 23.2. The van der Waals surface area contributed by atoms with Gasteiger partial charge < -0.3 is 14.6 Å². The predicted octanol–water partition coefficient (Wildman–Crippen LogP) is 5.27. The highest BCUT2D eigenvalue weighted by Gasteiger charge is 2.73. The average molecular weight is 431 g/mol. The molecule has 0 aromatic carbocycles. The minimum Gasteiger partial charge on any atom is -0.393 e. The molecule has 0 radical (unpaired) electrons. The van der Waals surface area contributed by atoms with Crippen molar-refractivity contribution in [3.05, 3.63) is 11.6 Å². The van der Waals surface area contributed by atoms with E-state index in [4.69, 9.17) is 4.74 Å². The van der Waals surface area contributed by atoms with Crippen LogP contribution in [0.1, 0.15) is 92.4 Å². The van der Waals surface area contributed by atoms with E-state index in [1.165, 1.54) is 19.3 Å². The second-order valence-corrected chi connectivity index (χ2v) is 12.0. The van der Waals surface area contributed by atoms with E-state index in [1.807, 2.05) is 0 Å². The molecule has 4 rings (SSSR count). The minimum atomic E-state index is -0.538. The number of aldehydes is 1. The topological polar surface area (TPSA) is 66.9 Å². The van der Waals surface area contributed by atoms with E-state index in [2.05, 4.69) is 40.7 Å². The van der Waals surface area contributed by atoms with Crippen LogP contribution in [-0.4, -0.2) is 35.0 Å². The monoisotopic (exact) mass is 430 g/mol. The zero-order chi connectivity index (χ0) is 22.6. The second-order valence-electron chi connectivity index (χ2n) is 12.0. The summed E-state index contributed by atoms with van der Waals surface area (Å²) in [6.07, 6.45) is 10.9. The molecule has 1 heterocycles. The van der Waals surface area contributed by atoms with Gasteiger partial charge in [0.2, 0.25) is 0 Å². The van der Waals surface area contributed by atoms with Crippen LogP contribution in [0.15, 0.2) is 11.6 Å². The number of rotatable bonds is 8. The Bertz CT molecular complexity index is 756. The van der Waals surface area contributed by atoms with Crippen molar-refractivity contribution < 1.29 is 19.4 Å². The Hall–Kier alpha value is -1.00. The van der Waals surface area contributed by atoms with Crippen LogP contribution in [0.5, 0.6) is 0 Å². The van der Waals surface area contributed by atoms with Crippen LogP contribution in [-0.2, 0) is 14.3 Å². The van der Waals surface area contributed by atoms with Crippen molar-refractivity contribution in [3.63, 3.8) is 0 Å². The zero-order valence-electron chi connectivity index (χ0n) is 20.2. The highest BCUT2D eigenvalue weighted by atomic mass is 16.6. The van der Waals surface area contributed by atoms with Crippen molar-refractivity contribution in [2.75, 3.05) is 0 Å². The minimum absolute atomic E-state index is 0.0526. The summed E-state index contributed by atoms with van der Waals surface area (Å²) >= 11 is 0. The molecule has 174 valence electrons. The molecule has 0 aromatic rings. The number of aliphatic hydroxyl groups excluding tert-OH is 1. The Labute approximate surface area is 188 Å². The van der Waals surface area contributed by atoms with Crippen LogP contribution in [0.2, 0.25) is 0 Å². The van der Waals surface area contributed by atoms with Gasteiger partial charge in [-0.1, -0.05) is 47.0 Å². The van der Waals surface area contributed by atoms with Crippen molar-refractivity contribution in [3.8, 4) is 0 Å². The van der Waals surface area contributed by atoms with Gasteiger partial charge in [0, 0.05) is 12.8 Å². The van der Waals surface area contributed by atoms with Gasteiger partial charge in [0.15, 0.2) is 5.78 Å². The number of allylic oxidation sites excluding steroid dienone is 1. The average Bonchev–Trinajstić information content (AvgIpc) is 3.29. The van der Waals surface area contributed by atoms with E-state index in [-0.39, 0.29) is 29.3 Å². The first-order chi connectivity index (χ1) is 14.6. The number of ether oxygens (including phenoxy) is 1. The van der Waals surface area contributed by atoms with Crippen molar-refractivity contribution in [2.24, 2.45) is 34.5 Å². The van der Waals surface area contributed by atoms with Gasteiger partial charge in [-0.05, 0) is 73.3 Å². The smallest absolute Gasteiger partial charge is 0.167 e. The van der Waals surface area contributed by atoms with E-state index in [1.54, 1.807) is 0 Å². The highest BCUT2D eigenvalue weighted by Crippen LogP contribution is 2.65. The number of carbonyl (C=O) groups is 2. The lowest BCUT2D eigenvalue weighted by molar-refractivity contribution is -0.134. The van der Waals surface area contributed by atoms with Gasteiger partial charge in [-0.3, -0.25) is 4.79 Å². The van der Waals surface area contributed by atoms with Gasteiger partial charge in [-0.2, -0.15) is 0 Å². The maximum Gasteiger partial charge on any atom is 0.167 e. The molecule has 4 heteroatoms. The van der Waals surface area contributed by atoms with E-state index >= 15 is 0 Å². The number of ketones is 1. The predicted molar refractivity (Wildman–Crippen MR) is 122 cm³/mol. The number of Topliss-reactive ketones (excluding diaryl/α,β-unsaturated/α-hetero) is 1. The van der Waals surface area contributed by atoms with Gasteiger partial charge in [0.05, 0.1) is 11.5 Å².